The van der Waals surface area contributed by atoms with Crippen LogP contribution in [0.2, 0.25) is 5.02 Å². The summed E-state index contributed by atoms with van der Waals surface area (Å²) >= 11 is 6.00. The largest absolute Gasteiger partial charge is 0.351 e. The van der Waals surface area contributed by atoms with Crippen molar-refractivity contribution in [3.63, 3.8) is 0 Å². The van der Waals surface area contributed by atoms with Crippen LogP contribution in [0.15, 0.2) is 72.9 Å². The number of nitrogens with one attached hydrogen (secondary N) is 1. The summed E-state index contributed by atoms with van der Waals surface area (Å²) in [6.07, 6.45) is 2.29. The highest BCUT2D eigenvalue weighted by molar-refractivity contribution is 6.30. The molecule has 0 spiro atoms. The first-order valence-corrected chi connectivity index (χ1v) is 8.98. The maximum Gasteiger partial charge on any atom is 0.228 e. The molecule has 0 aliphatic heterocycles. The van der Waals surface area contributed by atoms with Crippen LogP contribution in [-0.2, 0) is 17.8 Å². The van der Waals surface area contributed by atoms with Crippen molar-refractivity contribution >= 4 is 17.5 Å². The molecule has 0 bridgehead atoms. The van der Waals surface area contributed by atoms with Crippen molar-refractivity contribution in [1.29, 1.82) is 0 Å². The number of carbonyl (C=O) groups excluding carboxylic acids is 1. The second-order valence-corrected chi connectivity index (χ2v) is 6.77. The van der Waals surface area contributed by atoms with Gasteiger partial charge in [-0.2, -0.15) is 0 Å². The van der Waals surface area contributed by atoms with E-state index in [4.69, 9.17) is 11.6 Å². The average molecular weight is 365 g/mol. The van der Waals surface area contributed by atoms with E-state index in [-0.39, 0.29) is 11.8 Å². The molecule has 3 nitrogen and oxygen atoms in total. The number of benzene rings is 2. The first-order chi connectivity index (χ1) is 12.6. The van der Waals surface area contributed by atoms with E-state index < -0.39 is 0 Å². The zero-order chi connectivity index (χ0) is 18.4. The first-order valence-electron chi connectivity index (χ1n) is 8.60. The predicted octanol–water partition coefficient (Wildman–Crippen LogP) is 4.69. The van der Waals surface area contributed by atoms with E-state index in [9.17, 15) is 4.79 Å². The van der Waals surface area contributed by atoms with Gasteiger partial charge >= 0.3 is 0 Å². The number of amides is 1. The molecule has 0 radical (unpaired) electrons. The van der Waals surface area contributed by atoms with Gasteiger partial charge in [-0.3, -0.25) is 9.78 Å². The summed E-state index contributed by atoms with van der Waals surface area (Å²) in [6.45, 7) is 2.55. The van der Waals surface area contributed by atoms with Gasteiger partial charge in [0.2, 0.25) is 5.91 Å². The molecule has 1 N–H and O–H groups in total. The van der Waals surface area contributed by atoms with Gasteiger partial charge in [-0.15, -0.1) is 0 Å². The van der Waals surface area contributed by atoms with Crippen LogP contribution in [0.4, 0.5) is 0 Å². The molecular weight excluding hydrogens is 344 g/mol. The molecule has 2 aromatic carbocycles. The second kappa shape index (κ2) is 8.63. The van der Waals surface area contributed by atoms with Crippen molar-refractivity contribution in [1.82, 2.24) is 10.3 Å². The maximum absolute atomic E-state index is 12.9. The summed E-state index contributed by atoms with van der Waals surface area (Å²) < 4.78 is 0. The molecule has 1 unspecified atom stereocenters. The fourth-order valence-electron chi connectivity index (χ4n) is 2.92. The third-order valence-corrected chi connectivity index (χ3v) is 4.53. The Labute approximate surface area is 159 Å². The third kappa shape index (κ3) is 4.93. The molecule has 0 fully saturated rings. The molecule has 1 amide bonds. The quantitative estimate of drug-likeness (QED) is 0.689. The highest BCUT2D eigenvalue weighted by Gasteiger charge is 2.21. The van der Waals surface area contributed by atoms with Crippen molar-refractivity contribution in [3.8, 4) is 0 Å². The summed E-state index contributed by atoms with van der Waals surface area (Å²) in [5.74, 6) is -0.327. The van der Waals surface area contributed by atoms with Crippen molar-refractivity contribution in [2.45, 2.75) is 25.8 Å². The lowest BCUT2D eigenvalue weighted by atomic mass is 9.93. The molecule has 0 saturated heterocycles. The fourth-order valence-corrected chi connectivity index (χ4v) is 3.05. The van der Waals surface area contributed by atoms with Gasteiger partial charge in [-0.25, -0.2) is 0 Å². The molecule has 3 rings (SSSR count). The molecule has 4 heteroatoms. The SMILES string of the molecule is Cc1cccc(CNC(=O)C(Cc2ccccn2)c2ccc(Cl)cc2)c1. The number of aryl methyl sites for hydroxylation is 1. The van der Waals surface area contributed by atoms with E-state index in [0.717, 1.165) is 16.8 Å². The van der Waals surface area contributed by atoms with E-state index in [1.807, 2.05) is 67.6 Å². The normalized spacial score (nSPS) is 11.8. The fraction of sp³-hybridized carbons (Fsp3) is 0.182. The lowest BCUT2D eigenvalue weighted by Crippen LogP contribution is -2.30. The summed E-state index contributed by atoms with van der Waals surface area (Å²) in [7, 11) is 0. The molecule has 132 valence electrons. The Hall–Kier alpha value is -2.65. The van der Waals surface area contributed by atoms with Crippen LogP contribution in [0, 0.1) is 6.92 Å². The minimum atomic E-state index is -0.313. The molecule has 0 aliphatic rings. The number of aromatic nitrogens is 1. The van der Waals surface area contributed by atoms with Crippen molar-refractivity contribution in [3.05, 3.63) is 100 Å². The van der Waals surface area contributed by atoms with Crippen LogP contribution in [0.5, 0.6) is 0 Å². The number of carbonyl (C=O) groups is 1. The van der Waals surface area contributed by atoms with Gasteiger partial charge in [0.1, 0.15) is 0 Å². The summed E-state index contributed by atoms with van der Waals surface area (Å²) in [5.41, 5.74) is 4.09. The first kappa shape index (κ1) is 18.2. The Morgan fingerprint density at radius 2 is 1.88 bits per heavy atom. The standard InChI is InChI=1S/C22H21ClN2O/c1-16-5-4-6-17(13-16)15-25-22(26)21(14-20-7-2-3-12-24-20)18-8-10-19(23)11-9-18/h2-13,21H,14-15H2,1H3,(H,25,26). The van der Waals surface area contributed by atoms with Crippen molar-refractivity contribution < 1.29 is 4.79 Å². The Morgan fingerprint density at radius 1 is 1.08 bits per heavy atom. The number of halogens is 1. The van der Waals surface area contributed by atoms with Gasteiger partial charge < -0.3 is 5.32 Å². The van der Waals surface area contributed by atoms with E-state index in [0.29, 0.717) is 18.0 Å². The number of hydrogen-bond acceptors (Lipinski definition) is 2. The number of pyridine rings is 1. The Balaban J connectivity index is 1.77. The van der Waals surface area contributed by atoms with E-state index >= 15 is 0 Å². The van der Waals surface area contributed by atoms with Crippen molar-refractivity contribution in [2.24, 2.45) is 0 Å². The number of rotatable bonds is 6. The van der Waals surface area contributed by atoms with Crippen LogP contribution in [0.3, 0.4) is 0 Å². The molecule has 0 saturated carbocycles. The van der Waals surface area contributed by atoms with Crippen LogP contribution < -0.4 is 5.32 Å². The van der Waals surface area contributed by atoms with Gasteiger partial charge in [-0.05, 0) is 42.3 Å². The minimum Gasteiger partial charge on any atom is -0.351 e. The maximum atomic E-state index is 12.9. The Kier molecular flexibility index (Phi) is 6.03. The van der Waals surface area contributed by atoms with Crippen LogP contribution in [0.25, 0.3) is 0 Å². The monoisotopic (exact) mass is 364 g/mol. The average Bonchev–Trinajstić information content (AvgIpc) is 2.66. The zero-order valence-corrected chi connectivity index (χ0v) is 15.4. The summed E-state index contributed by atoms with van der Waals surface area (Å²) in [4.78, 5) is 17.3. The van der Waals surface area contributed by atoms with E-state index in [1.165, 1.54) is 5.56 Å². The van der Waals surface area contributed by atoms with E-state index in [2.05, 4.69) is 16.4 Å². The molecular formula is C22H21ClN2O. The molecule has 0 aliphatic carbocycles. The van der Waals surface area contributed by atoms with Gasteiger partial charge in [0, 0.05) is 29.9 Å². The topological polar surface area (TPSA) is 42.0 Å². The van der Waals surface area contributed by atoms with Gasteiger partial charge in [0.15, 0.2) is 0 Å². The highest BCUT2D eigenvalue weighted by atomic mass is 35.5. The van der Waals surface area contributed by atoms with Gasteiger partial charge in [-0.1, -0.05) is 59.6 Å². The molecule has 26 heavy (non-hydrogen) atoms. The number of nitrogens with zero attached hydrogens (tertiary/aromatic N) is 1. The van der Waals surface area contributed by atoms with Gasteiger partial charge in [0.25, 0.3) is 0 Å². The second-order valence-electron chi connectivity index (χ2n) is 6.34. The van der Waals surface area contributed by atoms with Crippen molar-refractivity contribution in [2.75, 3.05) is 0 Å². The lowest BCUT2D eigenvalue weighted by molar-refractivity contribution is -0.122. The van der Waals surface area contributed by atoms with Gasteiger partial charge in [0.05, 0.1) is 5.92 Å². The predicted molar refractivity (Wildman–Crippen MR) is 105 cm³/mol. The summed E-state index contributed by atoms with van der Waals surface area (Å²) in [5, 5.41) is 3.72. The summed E-state index contributed by atoms with van der Waals surface area (Å²) in [6, 6.07) is 21.3. The molecule has 3 aromatic rings. The zero-order valence-electron chi connectivity index (χ0n) is 14.7. The van der Waals surface area contributed by atoms with Crippen LogP contribution >= 0.6 is 11.6 Å². The van der Waals surface area contributed by atoms with E-state index in [1.54, 1.807) is 6.20 Å². The Morgan fingerprint density at radius 3 is 2.58 bits per heavy atom. The highest BCUT2D eigenvalue weighted by Crippen LogP contribution is 2.22. The third-order valence-electron chi connectivity index (χ3n) is 4.28. The Bertz CT molecular complexity index is 863. The molecule has 1 atom stereocenters. The molecule has 1 aromatic heterocycles. The van der Waals surface area contributed by atoms with Crippen LogP contribution in [0.1, 0.15) is 28.3 Å². The van der Waals surface area contributed by atoms with Crippen LogP contribution in [-0.4, -0.2) is 10.9 Å². The lowest BCUT2D eigenvalue weighted by Gasteiger charge is -2.17. The number of hydrogen-bond donors (Lipinski definition) is 1. The minimum absolute atomic E-state index is 0.0144. The smallest absolute Gasteiger partial charge is 0.228 e. The molecule has 1 heterocycles.